The van der Waals surface area contributed by atoms with Crippen molar-refractivity contribution in [3.8, 4) is 0 Å². The second-order valence-electron chi connectivity index (χ2n) is 4.67. The minimum absolute atomic E-state index is 0.131. The number of aromatic nitrogens is 1. The molecule has 1 saturated heterocycles. The second kappa shape index (κ2) is 4.50. The summed E-state index contributed by atoms with van der Waals surface area (Å²) in [5.41, 5.74) is 7.35. The minimum atomic E-state index is -0.847. The van der Waals surface area contributed by atoms with Crippen LogP contribution in [0.1, 0.15) is 17.8 Å². The zero-order chi connectivity index (χ0) is 12.5. The lowest BCUT2D eigenvalue weighted by molar-refractivity contribution is -0.126. The first-order valence-electron chi connectivity index (χ1n) is 5.79. The van der Waals surface area contributed by atoms with Crippen LogP contribution in [0.4, 0.5) is 0 Å². The molecule has 0 aliphatic carbocycles. The maximum absolute atomic E-state index is 11.9. The third-order valence-electron chi connectivity index (χ3n) is 3.41. The van der Waals surface area contributed by atoms with E-state index in [1.807, 2.05) is 26.1 Å². The summed E-state index contributed by atoms with van der Waals surface area (Å²) in [5, 5.41) is 2.87. The molecule has 0 aromatic carbocycles. The fraction of sp³-hybridized carbons (Fsp3) is 0.583. The standard InChI is InChI=1S/C12H19N3O2/c1-9-3-4-10(15(9)2)7-14-11(16)12(13)5-6-17-8-12/h3-4H,5-8,13H2,1-2H3,(H,14,16). The van der Waals surface area contributed by atoms with Gasteiger partial charge in [-0.3, -0.25) is 4.79 Å². The quantitative estimate of drug-likeness (QED) is 0.781. The van der Waals surface area contributed by atoms with E-state index >= 15 is 0 Å². The van der Waals surface area contributed by atoms with Crippen molar-refractivity contribution in [1.82, 2.24) is 9.88 Å². The van der Waals surface area contributed by atoms with Gasteiger partial charge in [0.15, 0.2) is 0 Å². The second-order valence-corrected chi connectivity index (χ2v) is 4.67. The van der Waals surface area contributed by atoms with Gasteiger partial charge in [-0.15, -0.1) is 0 Å². The number of nitrogens with two attached hydrogens (primary N) is 1. The lowest BCUT2D eigenvalue weighted by Gasteiger charge is -2.20. The molecule has 0 bridgehead atoms. The molecule has 1 aromatic heterocycles. The summed E-state index contributed by atoms with van der Waals surface area (Å²) in [6, 6.07) is 4.03. The lowest BCUT2D eigenvalue weighted by Crippen LogP contribution is -2.54. The molecule has 1 amide bonds. The first-order chi connectivity index (χ1) is 8.03. The fourth-order valence-electron chi connectivity index (χ4n) is 1.95. The molecule has 0 radical (unpaired) electrons. The van der Waals surface area contributed by atoms with Crippen LogP contribution in [-0.4, -0.2) is 29.2 Å². The molecule has 2 rings (SSSR count). The van der Waals surface area contributed by atoms with E-state index in [0.29, 0.717) is 26.2 Å². The molecule has 3 N–H and O–H groups in total. The molecule has 1 aliphatic heterocycles. The van der Waals surface area contributed by atoms with E-state index in [0.717, 1.165) is 5.69 Å². The van der Waals surface area contributed by atoms with Crippen LogP contribution in [0.5, 0.6) is 0 Å². The average Bonchev–Trinajstić information content (AvgIpc) is 2.87. The Labute approximate surface area is 101 Å². The normalized spacial score (nSPS) is 23.9. The van der Waals surface area contributed by atoms with Gasteiger partial charge in [0.05, 0.1) is 13.2 Å². The number of nitrogens with one attached hydrogen (secondary N) is 1. The maximum Gasteiger partial charge on any atom is 0.242 e. The van der Waals surface area contributed by atoms with Gasteiger partial charge >= 0.3 is 0 Å². The Morgan fingerprint density at radius 3 is 2.94 bits per heavy atom. The van der Waals surface area contributed by atoms with E-state index in [1.54, 1.807) is 0 Å². The first kappa shape index (κ1) is 12.1. The van der Waals surface area contributed by atoms with Crippen molar-refractivity contribution >= 4 is 5.91 Å². The van der Waals surface area contributed by atoms with Crippen molar-refractivity contribution in [3.05, 3.63) is 23.5 Å². The molecule has 5 nitrogen and oxygen atoms in total. The fourth-order valence-corrected chi connectivity index (χ4v) is 1.95. The van der Waals surface area contributed by atoms with Gasteiger partial charge in [-0.1, -0.05) is 0 Å². The molecule has 1 fully saturated rings. The number of carbonyl (C=O) groups is 1. The highest BCUT2D eigenvalue weighted by molar-refractivity contribution is 5.86. The summed E-state index contributed by atoms with van der Waals surface area (Å²) in [6.07, 6.45) is 0.588. The molecule has 94 valence electrons. The Morgan fingerprint density at radius 2 is 2.41 bits per heavy atom. The lowest BCUT2D eigenvalue weighted by atomic mass is 9.99. The smallest absolute Gasteiger partial charge is 0.242 e. The molecule has 17 heavy (non-hydrogen) atoms. The van der Waals surface area contributed by atoms with Crippen molar-refractivity contribution in [2.75, 3.05) is 13.2 Å². The predicted molar refractivity (Wildman–Crippen MR) is 64.4 cm³/mol. The highest BCUT2D eigenvalue weighted by atomic mass is 16.5. The Bertz CT molecular complexity index is 419. The summed E-state index contributed by atoms with van der Waals surface area (Å²) < 4.78 is 7.22. The average molecular weight is 237 g/mol. The van der Waals surface area contributed by atoms with Crippen LogP contribution >= 0.6 is 0 Å². The molecular weight excluding hydrogens is 218 g/mol. The van der Waals surface area contributed by atoms with Crippen LogP contribution in [0.2, 0.25) is 0 Å². The number of rotatable bonds is 3. The van der Waals surface area contributed by atoms with Crippen LogP contribution in [0.15, 0.2) is 12.1 Å². The van der Waals surface area contributed by atoms with E-state index in [2.05, 4.69) is 9.88 Å². The van der Waals surface area contributed by atoms with E-state index in [4.69, 9.17) is 10.5 Å². The first-order valence-corrected chi connectivity index (χ1v) is 5.79. The van der Waals surface area contributed by atoms with Crippen LogP contribution < -0.4 is 11.1 Å². The molecule has 1 unspecified atom stereocenters. The SMILES string of the molecule is Cc1ccc(CNC(=O)C2(N)CCOC2)n1C. The summed E-state index contributed by atoms with van der Waals surface area (Å²) in [6.45, 7) is 3.40. The molecular formula is C12H19N3O2. The number of carbonyl (C=O) groups excluding carboxylic acids is 1. The number of ether oxygens (including phenoxy) is 1. The minimum Gasteiger partial charge on any atom is -0.379 e. The zero-order valence-corrected chi connectivity index (χ0v) is 10.3. The molecule has 1 aliphatic rings. The largest absolute Gasteiger partial charge is 0.379 e. The summed E-state index contributed by atoms with van der Waals surface area (Å²) in [5.74, 6) is -0.131. The number of nitrogens with zero attached hydrogens (tertiary/aromatic N) is 1. The van der Waals surface area contributed by atoms with Gasteiger partial charge in [-0.05, 0) is 25.5 Å². The maximum atomic E-state index is 11.9. The van der Waals surface area contributed by atoms with E-state index < -0.39 is 5.54 Å². The molecule has 1 atom stereocenters. The number of hydrogen-bond donors (Lipinski definition) is 2. The van der Waals surface area contributed by atoms with Crippen LogP contribution in [-0.2, 0) is 23.1 Å². The predicted octanol–water partition coefficient (Wildman–Crippen LogP) is 0.0675. The Kier molecular flexibility index (Phi) is 3.22. The van der Waals surface area contributed by atoms with E-state index in [1.165, 1.54) is 5.69 Å². The third kappa shape index (κ3) is 2.35. The van der Waals surface area contributed by atoms with Gasteiger partial charge in [-0.25, -0.2) is 0 Å². The zero-order valence-electron chi connectivity index (χ0n) is 10.3. The Balaban J connectivity index is 1.94. The van der Waals surface area contributed by atoms with Gasteiger partial charge in [-0.2, -0.15) is 0 Å². The molecule has 0 saturated carbocycles. The van der Waals surface area contributed by atoms with Gasteiger partial charge < -0.3 is 20.4 Å². The van der Waals surface area contributed by atoms with Crippen molar-refractivity contribution in [2.24, 2.45) is 12.8 Å². The van der Waals surface area contributed by atoms with E-state index in [-0.39, 0.29) is 5.91 Å². The van der Waals surface area contributed by atoms with Crippen molar-refractivity contribution in [1.29, 1.82) is 0 Å². The molecule has 1 aromatic rings. The van der Waals surface area contributed by atoms with E-state index in [9.17, 15) is 4.79 Å². The number of hydrogen-bond acceptors (Lipinski definition) is 3. The van der Waals surface area contributed by atoms with Gasteiger partial charge in [0, 0.05) is 25.0 Å². The highest BCUT2D eigenvalue weighted by Gasteiger charge is 2.38. The number of aryl methyl sites for hydroxylation is 1. The Hall–Kier alpha value is -1.33. The number of amides is 1. The summed E-state index contributed by atoms with van der Waals surface area (Å²) >= 11 is 0. The third-order valence-corrected chi connectivity index (χ3v) is 3.41. The van der Waals surface area contributed by atoms with Crippen LogP contribution in [0.25, 0.3) is 0 Å². The molecule has 5 heteroatoms. The summed E-state index contributed by atoms with van der Waals surface area (Å²) in [7, 11) is 1.98. The monoisotopic (exact) mass is 237 g/mol. The van der Waals surface area contributed by atoms with Crippen LogP contribution in [0, 0.1) is 6.92 Å². The van der Waals surface area contributed by atoms with Crippen molar-refractivity contribution < 1.29 is 9.53 Å². The molecule has 0 spiro atoms. The highest BCUT2D eigenvalue weighted by Crippen LogP contribution is 2.15. The molecule has 2 heterocycles. The van der Waals surface area contributed by atoms with Gasteiger partial charge in [0.25, 0.3) is 0 Å². The van der Waals surface area contributed by atoms with Crippen molar-refractivity contribution in [3.63, 3.8) is 0 Å². The topological polar surface area (TPSA) is 69.3 Å². The van der Waals surface area contributed by atoms with Gasteiger partial charge in [0.1, 0.15) is 5.54 Å². The Morgan fingerprint density at radius 1 is 1.65 bits per heavy atom. The van der Waals surface area contributed by atoms with Crippen LogP contribution in [0.3, 0.4) is 0 Å². The van der Waals surface area contributed by atoms with Crippen molar-refractivity contribution in [2.45, 2.75) is 25.4 Å². The van der Waals surface area contributed by atoms with Gasteiger partial charge in [0.2, 0.25) is 5.91 Å². The summed E-state index contributed by atoms with van der Waals surface area (Å²) in [4.78, 5) is 11.9.